The fraction of sp³-hybridized carbons (Fsp3) is 0.240. The molecule has 0 fully saturated rings. The summed E-state index contributed by atoms with van der Waals surface area (Å²) in [6.07, 6.45) is 2.17. The number of methoxy groups -OCH3 is 1. The third-order valence-electron chi connectivity index (χ3n) is 5.29. The molecule has 0 aliphatic carbocycles. The predicted molar refractivity (Wildman–Crippen MR) is 137 cm³/mol. The summed E-state index contributed by atoms with van der Waals surface area (Å²) in [4.78, 5) is 14.3. The van der Waals surface area contributed by atoms with Crippen LogP contribution in [0.1, 0.15) is 24.1 Å². The molecule has 0 saturated carbocycles. The maximum absolute atomic E-state index is 13.3. The second-order valence-corrected chi connectivity index (χ2v) is 10.7. The summed E-state index contributed by atoms with van der Waals surface area (Å²) in [6.45, 7) is 1.86. The van der Waals surface area contributed by atoms with Gasteiger partial charge in [0.25, 0.3) is 0 Å². The number of amides is 1. The van der Waals surface area contributed by atoms with E-state index in [1.54, 1.807) is 11.8 Å². The van der Waals surface area contributed by atoms with E-state index in [0.29, 0.717) is 0 Å². The Bertz CT molecular complexity index is 1220. The van der Waals surface area contributed by atoms with Gasteiger partial charge in [0.1, 0.15) is 16.7 Å². The summed E-state index contributed by atoms with van der Waals surface area (Å²) in [5.74, 6) is -0.298. The molecule has 0 aliphatic heterocycles. The fourth-order valence-corrected chi connectivity index (χ4v) is 5.47. The minimum absolute atomic E-state index is 0.130. The Morgan fingerprint density at radius 2 is 1.74 bits per heavy atom. The molecule has 2 unspecified atom stereocenters. The molecule has 0 spiro atoms. The van der Waals surface area contributed by atoms with E-state index in [1.807, 2.05) is 67.8 Å². The minimum atomic E-state index is -4.12. The number of sulfonamides is 1. The quantitative estimate of drug-likeness (QED) is 0.375. The summed E-state index contributed by atoms with van der Waals surface area (Å²) in [6, 6.07) is 20.1. The molecule has 180 valence electrons. The average Bonchev–Trinajstić information content (AvgIpc) is 2.84. The Morgan fingerprint density at radius 1 is 1.06 bits per heavy atom. The lowest BCUT2D eigenvalue weighted by molar-refractivity contribution is -0.123. The molecule has 0 radical (unpaired) electrons. The van der Waals surface area contributed by atoms with Gasteiger partial charge >= 0.3 is 0 Å². The smallest absolute Gasteiger partial charge is 0.245 e. The normalized spacial score (nSPS) is 13.2. The van der Waals surface area contributed by atoms with Crippen molar-refractivity contribution in [2.45, 2.75) is 35.2 Å². The number of carbonyl (C=O) groups is 1. The van der Waals surface area contributed by atoms with Gasteiger partial charge in [-0.05, 0) is 61.1 Å². The number of benzene rings is 3. The number of thioether (sulfide) groups is 1. The molecule has 0 saturated heterocycles. The lowest BCUT2D eigenvalue weighted by atomic mass is 10.0. The summed E-state index contributed by atoms with van der Waals surface area (Å²) < 4.78 is 34.3. The van der Waals surface area contributed by atoms with Crippen molar-refractivity contribution in [3.63, 3.8) is 0 Å². The van der Waals surface area contributed by atoms with Crippen molar-refractivity contribution in [3.05, 3.63) is 88.9 Å². The SMILES string of the molecule is COc1ccc(Cl)cc1S(=O)(=O)NC(Cc1ccccc1)C(=O)NC(C)c1ccc(SC)cc1. The van der Waals surface area contributed by atoms with Crippen molar-refractivity contribution < 1.29 is 17.9 Å². The Morgan fingerprint density at radius 3 is 2.35 bits per heavy atom. The minimum Gasteiger partial charge on any atom is -0.495 e. The van der Waals surface area contributed by atoms with Crippen molar-refractivity contribution in [1.29, 1.82) is 0 Å². The van der Waals surface area contributed by atoms with Crippen molar-refractivity contribution in [3.8, 4) is 5.75 Å². The molecule has 6 nitrogen and oxygen atoms in total. The van der Waals surface area contributed by atoms with Crippen LogP contribution in [0.15, 0.2) is 82.6 Å². The zero-order valence-corrected chi connectivity index (χ0v) is 21.5. The molecule has 1 amide bonds. The van der Waals surface area contributed by atoms with Gasteiger partial charge < -0.3 is 10.1 Å². The van der Waals surface area contributed by atoms with Gasteiger partial charge in [-0.3, -0.25) is 4.79 Å². The monoisotopic (exact) mass is 518 g/mol. The van der Waals surface area contributed by atoms with E-state index in [2.05, 4.69) is 10.0 Å². The standard InChI is InChI=1S/C25H27ClN2O4S2/c1-17(19-9-12-21(33-3)13-10-19)27-25(29)22(15-18-7-5-4-6-8-18)28-34(30,31)24-16-20(26)11-14-23(24)32-2/h4-14,16-17,22,28H,15H2,1-3H3,(H,27,29). The van der Waals surface area contributed by atoms with Gasteiger partial charge in [0.2, 0.25) is 15.9 Å². The zero-order chi connectivity index (χ0) is 24.7. The summed E-state index contributed by atoms with van der Waals surface area (Å²) >= 11 is 7.67. The largest absolute Gasteiger partial charge is 0.495 e. The van der Waals surface area contributed by atoms with Crippen LogP contribution in [0.2, 0.25) is 5.02 Å². The van der Waals surface area contributed by atoms with Crippen LogP contribution in [-0.2, 0) is 21.2 Å². The van der Waals surface area contributed by atoms with Gasteiger partial charge in [-0.2, -0.15) is 4.72 Å². The number of hydrogen-bond acceptors (Lipinski definition) is 5. The molecule has 2 N–H and O–H groups in total. The van der Waals surface area contributed by atoms with E-state index in [1.165, 1.54) is 25.3 Å². The number of carbonyl (C=O) groups excluding carboxylic acids is 1. The molecule has 9 heteroatoms. The van der Waals surface area contributed by atoms with E-state index < -0.39 is 22.0 Å². The topological polar surface area (TPSA) is 84.5 Å². The first-order valence-corrected chi connectivity index (χ1v) is 13.7. The van der Waals surface area contributed by atoms with Crippen LogP contribution in [-0.4, -0.2) is 33.7 Å². The van der Waals surface area contributed by atoms with Crippen LogP contribution in [0.25, 0.3) is 0 Å². The van der Waals surface area contributed by atoms with Crippen LogP contribution in [0.3, 0.4) is 0 Å². The lowest BCUT2D eigenvalue weighted by Gasteiger charge is -2.22. The highest BCUT2D eigenvalue weighted by atomic mass is 35.5. The number of nitrogens with one attached hydrogen (secondary N) is 2. The second kappa shape index (κ2) is 11.8. The Kier molecular flexibility index (Phi) is 9.02. The van der Waals surface area contributed by atoms with Crippen LogP contribution >= 0.6 is 23.4 Å². The number of ether oxygens (including phenoxy) is 1. The van der Waals surface area contributed by atoms with Crippen LogP contribution in [0, 0.1) is 0 Å². The highest BCUT2D eigenvalue weighted by Gasteiger charge is 2.29. The lowest BCUT2D eigenvalue weighted by Crippen LogP contribution is -2.48. The third kappa shape index (κ3) is 6.76. The van der Waals surface area contributed by atoms with Gasteiger partial charge in [0.15, 0.2) is 0 Å². The molecule has 0 heterocycles. The Hall–Kier alpha value is -2.52. The molecule has 3 rings (SSSR count). The van der Waals surface area contributed by atoms with Crippen molar-refractivity contribution >= 4 is 39.3 Å². The first-order valence-electron chi connectivity index (χ1n) is 10.6. The van der Waals surface area contributed by atoms with Crippen molar-refractivity contribution in [2.24, 2.45) is 0 Å². The summed E-state index contributed by atoms with van der Waals surface area (Å²) in [5.41, 5.74) is 1.74. The molecular weight excluding hydrogens is 492 g/mol. The number of rotatable bonds is 10. The second-order valence-electron chi connectivity index (χ2n) is 7.66. The Labute approximate surface area is 210 Å². The highest BCUT2D eigenvalue weighted by molar-refractivity contribution is 7.98. The van der Waals surface area contributed by atoms with E-state index in [-0.39, 0.29) is 28.1 Å². The molecule has 0 aliphatic rings. The maximum atomic E-state index is 13.3. The summed E-state index contributed by atoms with van der Waals surface area (Å²) in [7, 11) is -2.75. The van der Waals surface area contributed by atoms with Gasteiger partial charge in [-0.1, -0.05) is 54.1 Å². The molecule has 3 aromatic rings. The van der Waals surface area contributed by atoms with E-state index >= 15 is 0 Å². The van der Waals surface area contributed by atoms with Gasteiger partial charge in [0.05, 0.1) is 13.2 Å². The molecule has 0 aromatic heterocycles. The highest BCUT2D eigenvalue weighted by Crippen LogP contribution is 2.27. The van der Waals surface area contributed by atoms with Crippen molar-refractivity contribution in [1.82, 2.24) is 10.0 Å². The van der Waals surface area contributed by atoms with E-state index in [9.17, 15) is 13.2 Å². The molecule has 2 atom stereocenters. The summed E-state index contributed by atoms with van der Waals surface area (Å²) in [5, 5.41) is 3.18. The molecule has 34 heavy (non-hydrogen) atoms. The molecule has 0 bridgehead atoms. The molecular formula is C25H27ClN2O4S2. The van der Waals surface area contributed by atoms with Crippen molar-refractivity contribution in [2.75, 3.05) is 13.4 Å². The number of halogens is 1. The predicted octanol–water partition coefficient (Wildman–Crippen LogP) is 4.84. The maximum Gasteiger partial charge on any atom is 0.245 e. The zero-order valence-electron chi connectivity index (χ0n) is 19.1. The van der Waals surface area contributed by atoms with E-state index in [4.69, 9.17) is 16.3 Å². The van der Waals surface area contributed by atoms with Crippen LogP contribution in [0.5, 0.6) is 5.75 Å². The fourth-order valence-electron chi connectivity index (χ4n) is 3.44. The Balaban J connectivity index is 1.87. The third-order valence-corrected chi connectivity index (χ3v) is 7.76. The average molecular weight is 519 g/mol. The van der Waals surface area contributed by atoms with Crippen LogP contribution in [0.4, 0.5) is 0 Å². The first kappa shape index (κ1) is 26.1. The first-order chi connectivity index (χ1) is 16.2. The van der Waals surface area contributed by atoms with Gasteiger partial charge in [0, 0.05) is 9.92 Å². The molecule has 3 aromatic carbocycles. The van der Waals surface area contributed by atoms with E-state index in [0.717, 1.165) is 16.0 Å². The van der Waals surface area contributed by atoms with Gasteiger partial charge in [-0.25, -0.2) is 8.42 Å². The van der Waals surface area contributed by atoms with Crippen LogP contribution < -0.4 is 14.8 Å². The van der Waals surface area contributed by atoms with Gasteiger partial charge in [-0.15, -0.1) is 11.8 Å². The number of hydrogen-bond donors (Lipinski definition) is 2.